The number of aromatic nitrogens is 1. The highest BCUT2D eigenvalue weighted by Gasteiger charge is 2.26. The van der Waals surface area contributed by atoms with Crippen molar-refractivity contribution < 1.29 is 13.2 Å². The Labute approximate surface area is 128 Å². The van der Waals surface area contributed by atoms with E-state index in [1.165, 1.54) is 6.07 Å². The molecule has 2 aromatic rings. The van der Waals surface area contributed by atoms with Gasteiger partial charge >= 0.3 is 0 Å². The van der Waals surface area contributed by atoms with Gasteiger partial charge in [0.2, 0.25) is 10.0 Å². The number of fused-ring (bicyclic) bond motifs is 1. The predicted octanol–water partition coefficient (Wildman–Crippen LogP) is 2.15. The summed E-state index contributed by atoms with van der Waals surface area (Å²) in [6.45, 7) is 0.637. The van der Waals surface area contributed by atoms with Crippen LogP contribution in [0.5, 0.6) is 5.75 Å². The Morgan fingerprint density at radius 2 is 2.24 bits per heavy atom. The molecule has 0 amide bonds. The second-order valence-electron chi connectivity index (χ2n) is 4.68. The highest BCUT2D eigenvalue weighted by atomic mass is 35.5. The summed E-state index contributed by atoms with van der Waals surface area (Å²) in [6.07, 6.45) is 3.91. The third-order valence-corrected chi connectivity index (χ3v) is 4.82. The van der Waals surface area contributed by atoms with Crippen LogP contribution in [0.1, 0.15) is 11.1 Å². The summed E-state index contributed by atoms with van der Waals surface area (Å²) in [5, 5.41) is 0.390. The minimum Gasteiger partial charge on any atom is -0.492 e. The van der Waals surface area contributed by atoms with E-state index in [9.17, 15) is 8.42 Å². The van der Waals surface area contributed by atoms with E-state index in [1.54, 1.807) is 30.6 Å². The van der Waals surface area contributed by atoms with Gasteiger partial charge in [-0.25, -0.2) is 13.1 Å². The summed E-state index contributed by atoms with van der Waals surface area (Å²) in [7, 11) is -3.69. The normalized spacial score (nSPS) is 13.8. The van der Waals surface area contributed by atoms with E-state index < -0.39 is 10.0 Å². The summed E-state index contributed by atoms with van der Waals surface area (Å²) in [5.41, 5.74) is 1.60. The number of halogens is 1. The van der Waals surface area contributed by atoms with Crippen LogP contribution in [0.15, 0.2) is 41.6 Å². The Bertz CT molecular complexity index is 763. The molecule has 1 N–H and O–H groups in total. The Kier molecular flexibility index (Phi) is 3.84. The molecular weight excluding hydrogens is 312 g/mol. The van der Waals surface area contributed by atoms with Gasteiger partial charge in [0.25, 0.3) is 0 Å². The Hall–Kier alpha value is -1.63. The van der Waals surface area contributed by atoms with E-state index in [2.05, 4.69) is 9.71 Å². The molecule has 21 heavy (non-hydrogen) atoms. The summed E-state index contributed by atoms with van der Waals surface area (Å²) < 4.78 is 32.9. The second-order valence-corrected chi connectivity index (χ2v) is 6.85. The van der Waals surface area contributed by atoms with Crippen LogP contribution in [0.3, 0.4) is 0 Å². The minimum absolute atomic E-state index is 0.0893. The van der Waals surface area contributed by atoms with Crippen LogP contribution in [0.4, 0.5) is 0 Å². The summed E-state index contributed by atoms with van der Waals surface area (Å²) >= 11 is 5.99. The number of nitrogens with one attached hydrogen (secondary N) is 1. The molecule has 0 aliphatic carbocycles. The largest absolute Gasteiger partial charge is 0.492 e. The van der Waals surface area contributed by atoms with Crippen LogP contribution < -0.4 is 9.46 Å². The van der Waals surface area contributed by atoms with Crippen molar-refractivity contribution in [3.8, 4) is 5.75 Å². The highest BCUT2D eigenvalue weighted by molar-refractivity contribution is 7.89. The monoisotopic (exact) mass is 324 g/mol. The molecule has 1 aromatic heterocycles. The maximum Gasteiger partial charge on any atom is 0.244 e. The number of sulfonamides is 1. The van der Waals surface area contributed by atoms with Crippen molar-refractivity contribution in [2.45, 2.75) is 17.9 Å². The quantitative estimate of drug-likeness (QED) is 0.935. The first-order valence-electron chi connectivity index (χ1n) is 6.40. The topological polar surface area (TPSA) is 68.3 Å². The number of pyridine rings is 1. The molecule has 2 heterocycles. The molecule has 0 saturated carbocycles. The average Bonchev–Trinajstić information content (AvgIpc) is 2.93. The van der Waals surface area contributed by atoms with Gasteiger partial charge in [0.15, 0.2) is 0 Å². The molecule has 0 saturated heterocycles. The first-order valence-corrected chi connectivity index (χ1v) is 8.26. The van der Waals surface area contributed by atoms with Crippen LogP contribution in [-0.2, 0) is 23.0 Å². The molecule has 1 aromatic carbocycles. The van der Waals surface area contributed by atoms with Crippen LogP contribution in [0, 0.1) is 0 Å². The molecule has 0 fully saturated rings. The van der Waals surface area contributed by atoms with E-state index in [0.29, 0.717) is 23.8 Å². The van der Waals surface area contributed by atoms with Crippen molar-refractivity contribution >= 4 is 21.6 Å². The van der Waals surface area contributed by atoms with Crippen molar-refractivity contribution in [1.82, 2.24) is 9.71 Å². The molecule has 0 bridgehead atoms. The fraction of sp³-hybridized carbons (Fsp3) is 0.214. The molecular formula is C14H13ClN2O3S. The maximum absolute atomic E-state index is 12.4. The zero-order valence-corrected chi connectivity index (χ0v) is 12.6. The van der Waals surface area contributed by atoms with Gasteiger partial charge in [-0.3, -0.25) is 4.98 Å². The number of benzene rings is 1. The number of hydrogen-bond donors (Lipinski definition) is 1. The third-order valence-electron chi connectivity index (χ3n) is 3.19. The van der Waals surface area contributed by atoms with Gasteiger partial charge in [-0.2, -0.15) is 0 Å². The van der Waals surface area contributed by atoms with Crippen LogP contribution in [-0.4, -0.2) is 20.0 Å². The van der Waals surface area contributed by atoms with Crippen LogP contribution >= 0.6 is 11.6 Å². The van der Waals surface area contributed by atoms with Crippen molar-refractivity contribution in [1.29, 1.82) is 0 Å². The van der Waals surface area contributed by atoms with Crippen molar-refractivity contribution in [2.75, 3.05) is 6.61 Å². The molecule has 0 unspecified atom stereocenters. The van der Waals surface area contributed by atoms with E-state index in [0.717, 1.165) is 11.1 Å². The van der Waals surface area contributed by atoms with E-state index >= 15 is 0 Å². The number of rotatable bonds is 4. The first-order chi connectivity index (χ1) is 10.1. The lowest BCUT2D eigenvalue weighted by Gasteiger charge is -2.11. The fourth-order valence-electron chi connectivity index (χ4n) is 2.19. The predicted molar refractivity (Wildman–Crippen MR) is 78.9 cm³/mol. The minimum atomic E-state index is -3.69. The highest BCUT2D eigenvalue weighted by Crippen LogP contribution is 2.35. The Morgan fingerprint density at radius 3 is 3.00 bits per heavy atom. The molecule has 5 nitrogen and oxygen atoms in total. The third kappa shape index (κ3) is 3.02. The summed E-state index contributed by atoms with van der Waals surface area (Å²) in [4.78, 5) is 4.04. The number of hydrogen-bond acceptors (Lipinski definition) is 4. The molecule has 0 radical (unpaired) electrons. The SMILES string of the molecule is O=S(=O)(NCc1cccnc1)c1cc(Cl)cc2c1OCC2. The van der Waals surface area contributed by atoms with Crippen molar-refractivity contribution in [3.63, 3.8) is 0 Å². The molecule has 3 rings (SSSR count). The van der Waals surface area contributed by atoms with Gasteiger partial charge in [-0.1, -0.05) is 17.7 Å². The number of nitrogens with zero attached hydrogens (tertiary/aromatic N) is 1. The van der Waals surface area contributed by atoms with Gasteiger partial charge in [0.05, 0.1) is 6.61 Å². The molecule has 7 heteroatoms. The van der Waals surface area contributed by atoms with Crippen molar-refractivity contribution in [2.24, 2.45) is 0 Å². The van der Waals surface area contributed by atoms with Gasteiger partial charge in [0, 0.05) is 35.9 Å². The van der Waals surface area contributed by atoms with E-state index in [1.807, 2.05) is 0 Å². The van der Waals surface area contributed by atoms with Gasteiger partial charge < -0.3 is 4.74 Å². The lowest BCUT2D eigenvalue weighted by Crippen LogP contribution is -2.23. The Morgan fingerprint density at radius 1 is 1.38 bits per heavy atom. The lowest BCUT2D eigenvalue weighted by molar-refractivity contribution is 0.348. The fourth-order valence-corrected chi connectivity index (χ4v) is 3.73. The molecule has 1 aliphatic heterocycles. The zero-order valence-electron chi connectivity index (χ0n) is 11.0. The smallest absolute Gasteiger partial charge is 0.244 e. The summed E-state index contributed by atoms with van der Waals surface area (Å²) in [6, 6.07) is 6.71. The maximum atomic E-state index is 12.4. The van der Waals surface area contributed by atoms with E-state index in [-0.39, 0.29) is 11.4 Å². The summed E-state index contributed by atoms with van der Waals surface area (Å²) in [5.74, 6) is 0.401. The molecule has 110 valence electrons. The van der Waals surface area contributed by atoms with Crippen LogP contribution in [0.25, 0.3) is 0 Å². The molecule has 1 aliphatic rings. The van der Waals surface area contributed by atoms with Gasteiger partial charge in [0.1, 0.15) is 10.6 Å². The van der Waals surface area contributed by atoms with Crippen molar-refractivity contribution in [3.05, 3.63) is 52.8 Å². The zero-order chi connectivity index (χ0) is 14.9. The second kappa shape index (κ2) is 5.63. The molecule has 0 spiro atoms. The number of ether oxygens (including phenoxy) is 1. The van der Waals surface area contributed by atoms with Gasteiger partial charge in [-0.15, -0.1) is 0 Å². The first kappa shape index (κ1) is 14.3. The van der Waals surface area contributed by atoms with E-state index in [4.69, 9.17) is 16.3 Å². The van der Waals surface area contributed by atoms with Crippen LogP contribution in [0.2, 0.25) is 5.02 Å². The average molecular weight is 325 g/mol. The Balaban J connectivity index is 1.89. The standard InChI is InChI=1S/C14H13ClN2O3S/c15-12-6-11-3-5-20-14(11)13(7-12)21(18,19)17-9-10-2-1-4-16-8-10/h1-2,4,6-8,17H,3,5,9H2. The molecule has 0 atom stereocenters. The van der Waals surface area contributed by atoms with Gasteiger partial charge in [-0.05, 0) is 23.8 Å². The lowest BCUT2D eigenvalue weighted by atomic mass is 10.2.